The molecule has 2 atom stereocenters. The highest BCUT2D eigenvalue weighted by atomic mass is 32.2. The van der Waals surface area contributed by atoms with E-state index in [0.717, 1.165) is 31.0 Å². The van der Waals surface area contributed by atoms with Gasteiger partial charge >= 0.3 is 0 Å². The van der Waals surface area contributed by atoms with Crippen molar-refractivity contribution in [2.45, 2.75) is 32.1 Å². The van der Waals surface area contributed by atoms with Gasteiger partial charge in [0.15, 0.2) is 9.84 Å². The summed E-state index contributed by atoms with van der Waals surface area (Å²) in [4.78, 5) is 13.2. The van der Waals surface area contributed by atoms with Gasteiger partial charge in [0.05, 0.1) is 11.5 Å². The predicted octanol–water partition coefficient (Wildman–Crippen LogP) is 1.27. The Labute approximate surface area is 154 Å². The van der Waals surface area contributed by atoms with Gasteiger partial charge in [0.1, 0.15) is 5.82 Å². The third kappa shape index (κ3) is 3.79. The number of nitrogens with zero attached hydrogens (tertiary/aromatic N) is 4. The number of hydrogen-bond donors (Lipinski definition) is 0. The summed E-state index contributed by atoms with van der Waals surface area (Å²) in [5, 5.41) is 0. The van der Waals surface area contributed by atoms with Crippen LogP contribution in [0.1, 0.15) is 17.0 Å². The molecule has 3 heterocycles. The maximum Gasteiger partial charge on any atom is 0.153 e. The minimum Gasteiger partial charge on any atom is -0.292 e. The minimum atomic E-state index is -3.00. The summed E-state index contributed by atoms with van der Waals surface area (Å²) in [5.41, 5.74) is 2.27. The Morgan fingerprint density at radius 1 is 0.923 bits per heavy atom. The molecule has 2 aromatic rings. The molecule has 0 aliphatic carbocycles. The van der Waals surface area contributed by atoms with E-state index in [0.29, 0.717) is 6.54 Å². The highest BCUT2D eigenvalue weighted by Gasteiger charge is 2.46. The smallest absolute Gasteiger partial charge is 0.153 e. The van der Waals surface area contributed by atoms with Crippen LogP contribution < -0.4 is 0 Å². The Morgan fingerprint density at radius 3 is 2.04 bits per heavy atom. The number of fused-ring (bicyclic) bond motifs is 1. The van der Waals surface area contributed by atoms with Gasteiger partial charge in [-0.25, -0.2) is 18.4 Å². The van der Waals surface area contributed by atoms with Crippen LogP contribution in [-0.2, 0) is 22.9 Å². The molecule has 0 radical (unpaired) electrons. The van der Waals surface area contributed by atoms with Crippen LogP contribution >= 0.6 is 0 Å². The molecule has 4 rings (SSSR count). The van der Waals surface area contributed by atoms with Gasteiger partial charge in [-0.1, -0.05) is 30.3 Å². The van der Waals surface area contributed by atoms with Gasteiger partial charge in [0, 0.05) is 56.2 Å². The monoisotopic (exact) mass is 372 g/mol. The summed E-state index contributed by atoms with van der Waals surface area (Å²) >= 11 is 0. The zero-order valence-electron chi connectivity index (χ0n) is 15.0. The lowest BCUT2D eigenvalue weighted by Crippen LogP contribution is -2.58. The van der Waals surface area contributed by atoms with Crippen LogP contribution in [0.3, 0.4) is 0 Å². The van der Waals surface area contributed by atoms with Crippen molar-refractivity contribution in [3.05, 3.63) is 59.7 Å². The van der Waals surface area contributed by atoms with Crippen molar-refractivity contribution in [3.63, 3.8) is 0 Å². The molecule has 0 unspecified atom stereocenters. The van der Waals surface area contributed by atoms with E-state index in [1.807, 2.05) is 37.5 Å². The van der Waals surface area contributed by atoms with Crippen molar-refractivity contribution in [2.24, 2.45) is 0 Å². The zero-order chi connectivity index (χ0) is 18.1. The summed E-state index contributed by atoms with van der Waals surface area (Å²) in [6.45, 7) is 5.11. The van der Waals surface area contributed by atoms with Crippen molar-refractivity contribution in [2.75, 3.05) is 24.6 Å². The fraction of sp³-hybridized carbons (Fsp3) is 0.474. The van der Waals surface area contributed by atoms with E-state index in [1.165, 1.54) is 5.56 Å². The molecule has 0 saturated carbocycles. The number of hydrogen-bond acceptors (Lipinski definition) is 6. The predicted molar refractivity (Wildman–Crippen MR) is 100 cm³/mol. The number of piperazine rings is 1. The number of aromatic nitrogens is 2. The Balaban J connectivity index is 1.52. The van der Waals surface area contributed by atoms with Gasteiger partial charge < -0.3 is 0 Å². The summed E-state index contributed by atoms with van der Waals surface area (Å²) in [5.74, 6) is 1.25. The van der Waals surface area contributed by atoms with Crippen LogP contribution in [0.2, 0.25) is 0 Å². The first-order valence-corrected chi connectivity index (χ1v) is 10.8. The van der Waals surface area contributed by atoms with Crippen molar-refractivity contribution >= 4 is 9.84 Å². The molecule has 2 aliphatic heterocycles. The molecule has 26 heavy (non-hydrogen) atoms. The maximum atomic E-state index is 12.4. The normalized spacial score (nSPS) is 25.9. The molecular weight excluding hydrogens is 348 g/mol. The van der Waals surface area contributed by atoms with Crippen molar-refractivity contribution in [1.82, 2.24) is 19.8 Å². The SMILES string of the molecule is Cc1ncc(CN2CCN(Cc3ccccc3)[C@@H]3CS(=O)(=O)C[C@@H]32)cn1. The van der Waals surface area contributed by atoms with Gasteiger partial charge in [-0.3, -0.25) is 9.80 Å². The summed E-state index contributed by atoms with van der Waals surface area (Å²) in [6, 6.07) is 10.4. The lowest BCUT2D eigenvalue weighted by Gasteiger charge is -2.44. The number of aryl methyl sites for hydroxylation is 1. The topological polar surface area (TPSA) is 66.4 Å². The molecule has 1 aromatic carbocycles. The van der Waals surface area contributed by atoms with Gasteiger partial charge in [-0.2, -0.15) is 0 Å². The molecular formula is C19H24N4O2S. The molecule has 2 aliphatic rings. The summed E-state index contributed by atoms with van der Waals surface area (Å²) < 4.78 is 24.7. The molecule has 138 valence electrons. The molecule has 0 amide bonds. The summed E-state index contributed by atoms with van der Waals surface area (Å²) in [7, 11) is -3.00. The van der Waals surface area contributed by atoms with Crippen molar-refractivity contribution in [3.8, 4) is 0 Å². The second-order valence-electron chi connectivity index (χ2n) is 7.28. The molecule has 0 bridgehead atoms. The lowest BCUT2D eigenvalue weighted by atomic mass is 10.0. The van der Waals surface area contributed by atoms with E-state index >= 15 is 0 Å². The second-order valence-corrected chi connectivity index (χ2v) is 9.43. The number of benzene rings is 1. The molecule has 0 spiro atoms. The standard InChI is InChI=1S/C19H24N4O2S/c1-15-20-9-17(10-21-15)12-23-8-7-22(11-16-5-3-2-4-6-16)18-13-26(24,25)14-19(18)23/h2-6,9-10,18-19H,7-8,11-14H2,1H3/t18-,19+/m1/s1. The number of sulfone groups is 1. The highest BCUT2D eigenvalue weighted by molar-refractivity contribution is 7.91. The molecule has 6 nitrogen and oxygen atoms in total. The van der Waals surface area contributed by atoms with Crippen molar-refractivity contribution in [1.29, 1.82) is 0 Å². The van der Waals surface area contributed by atoms with Crippen LogP contribution in [0.15, 0.2) is 42.7 Å². The van der Waals surface area contributed by atoms with E-state index in [9.17, 15) is 8.42 Å². The minimum absolute atomic E-state index is 0.0405. The van der Waals surface area contributed by atoms with E-state index < -0.39 is 9.84 Å². The lowest BCUT2D eigenvalue weighted by molar-refractivity contribution is 0.0354. The van der Waals surface area contributed by atoms with Crippen LogP contribution in [-0.4, -0.2) is 64.9 Å². The highest BCUT2D eigenvalue weighted by Crippen LogP contribution is 2.29. The first kappa shape index (κ1) is 17.6. The van der Waals surface area contributed by atoms with Gasteiger partial charge in [0.2, 0.25) is 0 Å². The molecule has 0 N–H and O–H groups in total. The third-order valence-electron chi connectivity index (χ3n) is 5.35. The Hall–Kier alpha value is -1.83. The molecule has 1 aromatic heterocycles. The fourth-order valence-corrected chi connectivity index (χ4v) is 6.09. The Bertz CT molecular complexity index is 855. The van der Waals surface area contributed by atoms with Gasteiger partial charge in [-0.15, -0.1) is 0 Å². The fourth-order valence-electron chi connectivity index (χ4n) is 4.04. The quantitative estimate of drug-likeness (QED) is 0.805. The number of rotatable bonds is 4. The van der Waals surface area contributed by atoms with E-state index in [4.69, 9.17) is 0 Å². The van der Waals surface area contributed by atoms with Crippen LogP contribution in [0.4, 0.5) is 0 Å². The van der Waals surface area contributed by atoms with Crippen LogP contribution in [0.5, 0.6) is 0 Å². The first-order valence-electron chi connectivity index (χ1n) is 9.00. The maximum absolute atomic E-state index is 12.4. The van der Waals surface area contributed by atoms with Crippen LogP contribution in [0, 0.1) is 6.92 Å². The van der Waals surface area contributed by atoms with Gasteiger partial charge in [0.25, 0.3) is 0 Å². The summed E-state index contributed by atoms with van der Waals surface area (Å²) in [6.07, 6.45) is 3.69. The Morgan fingerprint density at radius 2 is 1.46 bits per heavy atom. The molecule has 2 fully saturated rings. The molecule has 7 heteroatoms. The van der Waals surface area contributed by atoms with Gasteiger partial charge in [-0.05, 0) is 12.5 Å². The third-order valence-corrected chi connectivity index (χ3v) is 7.05. The molecule has 2 saturated heterocycles. The van der Waals surface area contributed by atoms with E-state index in [2.05, 4.69) is 31.9 Å². The van der Waals surface area contributed by atoms with Crippen LogP contribution in [0.25, 0.3) is 0 Å². The first-order chi connectivity index (χ1) is 12.5. The van der Waals surface area contributed by atoms with Crippen molar-refractivity contribution < 1.29 is 8.42 Å². The second kappa shape index (κ2) is 7.06. The van der Waals surface area contributed by atoms with E-state index in [1.54, 1.807) is 0 Å². The van der Waals surface area contributed by atoms with E-state index in [-0.39, 0.29) is 23.6 Å². The largest absolute Gasteiger partial charge is 0.292 e. The average Bonchev–Trinajstić information content (AvgIpc) is 2.96. The Kier molecular flexibility index (Phi) is 4.77. The average molecular weight is 372 g/mol. The zero-order valence-corrected chi connectivity index (χ0v) is 15.8.